The molecule has 0 fully saturated rings. The second-order valence-electron chi connectivity index (χ2n) is 6.78. The van der Waals surface area contributed by atoms with Gasteiger partial charge in [0.2, 0.25) is 5.65 Å². The van der Waals surface area contributed by atoms with Gasteiger partial charge in [-0.05, 0) is 20.3 Å². The van der Waals surface area contributed by atoms with E-state index in [0.717, 1.165) is 4.40 Å². The highest BCUT2D eigenvalue weighted by molar-refractivity contribution is 7.50. The van der Waals surface area contributed by atoms with Gasteiger partial charge in [-0.25, -0.2) is 9.97 Å². The number of aromatic nitrogens is 6. The minimum atomic E-state index is -4.71. The van der Waals surface area contributed by atoms with Crippen LogP contribution in [0.2, 0.25) is 0 Å². The number of hydrogen-bond acceptors (Lipinski definition) is 6. The second kappa shape index (κ2) is 6.56. The number of aryl methyl sites for hydroxylation is 2. The van der Waals surface area contributed by atoms with Crippen molar-refractivity contribution in [1.82, 2.24) is 29.1 Å². The van der Waals surface area contributed by atoms with Gasteiger partial charge in [0.15, 0.2) is 0 Å². The number of nitrogens with zero attached hydrogens (tertiary/aromatic N) is 6. The third-order valence-corrected chi connectivity index (χ3v) is 5.26. The zero-order valence-electron chi connectivity index (χ0n) is 15.5. The van der Waals surface area contributed by atoms with E-state index in [1.165, 1.54) is 23.8 Å². The molecule has 0 saturated heterocycles. The fourth-order valence-electron chi connectivity index (χ4n) is 3.46. The SMILES string of the molecule is Cc1cn(C2=C(C(F)(F)F)CC=c3c2nc(=O)c2nnc(CP(=O)(O)O)n32)c(C)n1. The van der Waals surface area contributed by atoms with Gasteiger partial charge in [-0.1, -0.05) is 6.08 Å². The van der Waals surface area contributed by atoms with Gasteiger partial charge in [-0.2, -0.15) is 13.2 Å². The molecule has 14 heteroatoms. The fraction of sp³-hybridized carbons (Fsp3) is 0.312. The predicted octanol–water partition coefficient (Wildman–Crippen LogP) is 0.700. The lowest BCUT2D eigenvalue weighted by Gasteiger charge is -2.22. The van der Waals surface area contributed by atoms with Crippen molar-refractivity contribution in [2.75, 3.05) is 0 Å². The number of imidazole rings is 1. The van der Waals surface area contributed by atoms with Gasteiger partial charge in [0.05, 0.1) is 22.3 Å². The molecule has 0 spiro atoms. The van der Waals surface area contributed by atoms with E-state index in [1.807, 2.05) is 0 Å². The maximum absolute atomic E-state index is 13.8. The van der Waals surface area contributed by atoms with Crippen LogP contribution in [0.5, 0.6) is 0 Å². The van der Waals surface area contributed by atoms with E-state index in [1.54, 1.807) is 6.92 Å². The van der Waals surface area contributed by atoms with Gasteiger partial charge in [-0.3, -0.25) is 13.8 Å². The molecule has 158 valence electrons. The normalized spacial score (nSPS) is 14.9. The first kappa shape index (κ1) is 20.4. The van der Waals surface area contributed by atoms with Crippen molar-refractivity contribution in [2.45, 2.75) is 32.6 Å². The highest BCUT2D eigenvalue weighted by Crippen LogP contribution is 2.39. The van der Waals surface area contributed by atoms with E-state index in [-0.39, 0.29) is 34.0 Å². The van der Waals surface area contributed by atoms with E-state index < -0.39 is 37.5 Å². The Morgan fingerprint density at radius 3 is 2.47 bits per heavy atom. The summed E-state index contributed by atoms with van der Waals surface area (Å²) < 4.78 is 55.1. The first-order valence-electron chi connectivity index (χ1n) is 8.53. The summed E-state index contributed by atoms with van der Waals surface area (Å²) in [7, 11) is -4.59. The Kier molecular flexibility index (Phi) is 4.46. The number of fused-ring (bicyclic) bond motifs is 3. The Hall–Kier alpha value is -2.89. The lowest BCUT2D eigenvalue weighted by Crippen LogP contribution is -2.34. The van der Waals surface area contributed by atoms with Crippen molar-refractivity contribution in [3.8, 4) is 0 Å². The molecule has 1 aliphatic carbocycles. The summed E-state index contributed by atoms with van der Waals surface area (Å²) in [6.45, 7) is 3.13. The van der Waals surface area contributed by atoms with Crippen LogP contribution >= 0.6 is 7.60 Å². The van der Waals surface area contributed by atoms with E-state index in [2.05, 4.69) is 20.2 Å². The Morgan fingerprint density at radius 1 is 1.20 bits per heavy atom. The van der Waals surface area contributed by atoms with Crippen LogP contribution in [0.25, 0.3) is 17.4 Å². The zero-order valence-corrected chi connectivity index (χ0v) is 16.4. The molecule has 0 bridgehead atoms. The molecule has 3 aromatic rings. The molecule has 0 atom stereocenters. The maximum atomic E-state index is 13.8. The van der Waals surface area contributed by atoms with Crippen LogP contribution in [0, 0.1) is 13.8 Å². The summed E-state index contributed by atoms with van der Waals surface area (Å²) in [5.74, 6) is 0.00400. The van der Waals surface area contributed by atoms with Crippen LogP contribution in [0.1, 0.15) is 29.5 Å². The van der Waals surface area contributed by atoms with Gasteiger partial charge in [0.1, 0.15) is 23.5 Å². The summed E-state index contributed by atoms with van der Waals surface area (Å²) in [5, 5.41) is 7.30. The molecule has 0 aromatic carbocycles. The molecule has 0 radical (unpaired) electrons. The lowest BCUT2D eigenvalue weighted by molar-refractivity contribution is -0.0923. The van der Waals surface area contributed by atoms with Crippen LogP contribution in [0.15, 0.2) is 16.6 Å². The van der Waals surface area contributed by atoms with Crippen molar-refractivity contribution in [3.05, 3.63) is 50.5 Å². The summed E-state index contributed by atoms with van der Waals surface area (Å²) in [4.78, 5) is 39.0. The van der Waals surface area contributed by atoms with Crippen molar-refractivity contribution in [1.29, 1.82) is 0 Å². The Labute approximate surface area is 165 Å². The number of halogens is 3. The highest BCUT2D eigenvalue weighted by Gasteiger charge is 2.39. The van der Waals surface area contributed by atoms with Crippen molar-refractivity contribution >= 4 is 25.0 Å². The molecule has 3 heterocycles. The maximum Gasteiger partial charge on any atom is 0.415 e. The first-order valence-corrected chi connectivity index (χ1v) is 10.3. The van der Waals surface area contributed by atoms with Gasteiger partial charge in [0.25, 0.3) is 0 Å². The molecule has 4 rings (SSSR count). The van der Waals surface area contributed by atoms with Crippen LogP contribution in [0.3, 0.4) is 0 Å². The average Bonchev–Trinajstić information content (AvgIpc) is 3.15. The molecule has 2 N–H and O–H groups in total. The van der Waals surface area contributed by atoms with Crippen molar-refractivity contribution < 1.29 is 27.5 Å². The molecule has 30 heavy (non-hydrogen) atoms. The Bertz CT molecular complexity index is 1380. The van der Waals surface area contributed by atoms with Crippen LogP contribution in [0.4, 0.5) is 13.2 Å². The van der Waals surface area contributed by atoms with Gasteiger partial charge in [-0.15, -0.1) is 10.2 Å². The first-order chi connectivity index (χ1) is 13.9. The van der Waals surface area contributed by atoms with Crippen LogP contribution < -0.4 is 10.9 Å². The molecule has 1 aliphatic rings. The number of alkyl halides is 3. The Morgan fingerprint density at radius 2 is 1.90 bits per heavy atom. The third-order valence-electron chi connectivity index (χ3n) is 4.56. The molecular formula is C16H14F3N6O4P. The molecule has 0 aliphatic heterocycles. The summed E-state index contributed by atoms with van der Waals surface area (Å²) in [6.07, 6.45) is -3.52. The van der Waals surface area contributed by atoms with Crippen LogP contribution in [-0.2, 0) is 10.7 Å². The summed E-state index contributed by atoms with van der Waals surface area (Å²) >= 11 is 0. The van der Waals surface area contributed by atoms with E-state index in [0.29, 0.717) is 5.69 Å². The van der Waals surface area contributed by atoms with Gasteiger partial charge >= 0.3 is 19.3 Å². The topological polar surface area (TPSA) is 136 Å². The molecule has 0 saturated carbocycles. The van der Waals surface area contributed by atoms with E-state index in [4.69, 9.17) is 0 Å². The largest absolute Gasteiger partial charge is 0.415 e. The van der Waals surface area contributed by atoms with Gasteiger partial charge < -0.3 is 14.4 Å². The predicted molar refractivity (Wildman–Crippen MR) is 97.2 cm³/mol. The minimum Gasteiger partial charge on any atom is -0.324 e. The summed E-state index contributed by atoms with van der Waals surface area (Å²) in [5.41, 5.74) is -2.42. The quantitative estimate of drug-likeness (QED) is 0.566. The van der Waals surface area contributed by atoms with Crippen molar-refractivity contribution in [3.63, 3.8) is 0 Å². The molecule has 10 nitrogen and oxygen atoms in total. The second-order valence-corrected chi connectivity index (χ2v) is 8.43. The molecular weight excluding hydrogens is 428 g/mol. The third kappa shape index (κ3) is 3.34. The smallest absolute Gasteiger partial charge is 0.324 e. The minimum absolute atomic E-state index is 0.0480. The van der Waals surface area contributed by atoms with Crippen molar-refractivity contribution in [2.24, 2.45) is 0 Å². The standard InChI is InChI=1S/C16H14F3N6O4P/c1-7-5-24(8(2)20-7)13-9(16(17,18)19)3-4-10-12(13)21-15(26)14-23-22-11(25(10)14)6-30(27,28)29/h4-5H,3,6H2,1-2H3,(H2,27,28,29). The monoisotopic (exact) mass is 442 g/mol. The number of hydrogen-bond donors (Lipinski definition) is 2. The van der Waals surface area contributed by atoms with E-state index >= 15 is 0 Å². The molecule has 3 aromatic heterocycles. The average molecular weight is 442 g/mol. The molecule has 0 amide bonds. The van der Waals surface area contributed by atoms with E-state index in [9.17, 15) is 32.3 Å². The highest BCUT2D eigenvalue weighted by atomic mass is 31.2. The van der Waals surface area contributed by atoms with Crippen LogP contribution in [-0.4, -0.2) is 45.1 Å². The van der Waals surface area contributed by atoms with Gasteiger partial charge in [0, 0.05) is 6.20 Å². The fourth-order valence-corrected chi connectivity index (χ4v) is 4.04. The Balaban J connectivity index is 2.12. The summed E-state index contributed by atoms with van der Waals surface area (Å²) in [6, 6.07) is 0. The number of rotatable bonds is 3. The number of allylic oxidation sites excluding steroid dienone is 1. The molecule has 0 unspecified atom stereocenters. The lowest BCUT2D eigenvalue weighted by atomic mass is 10.0. The zero-order chi connectivity index (χ0) is 22.0.